The molecule has 0 fully saturated rings. The van der Waals surface area contributed by atoms with Crippen LogP contribution in [-0.2, 0) is 0 Å². The van der Waals surface area contributed by atoms with Gasteiger partial charge in [-0.2, -0.15) is 0 Å². The van der Waals surface area contributed by atoms with Crippen LogP contribution in [0.5, 0.6) is 0 Å². The van der Waals surface area contributed by atoms with Crippen molar-refractivity contribution >= 4 is 0 Å². The fourth-order valence-corrected chi connectivity index (χ4v) is 0.607. The molecule has 0 aromatic heterocycles. The molecular formula is C7H16N2. The molecule has 54 valence electrons. The van der Waals surface area contributed by atoms with Crippen molar-refractivity contribution in [1.82, 2.24) is 5.01 Å². The van der Waals surface area contributed by atoms with E-state index in [1.807, 2.05) is 19.2 Å². The molecule has 0 amide bonds. The summed E-state index contributed by atoms with van der Waals surface area (Å²) in [5.41, 5.74) is 0. The van der Waals surface area contributed by atoms with Crippen LogP contribution < -0.4 is 5.84 Å². The van der Waals surface area contributed by atoms with E-state index in [0.29, 0.717) is 0 Å². The second kappa shape index (κ2) is 5.63. The molecule has 0 spiro atoms. The van der Waals surface area contributed by atoms with Gasteiger partial charge in [-0.1, -0.05) is 19.4 Å². The third-order valence-electron chi connectivity index (χ3n) is 1.11. The zero-order valence-corrected chi connectivity index (χ0v) is 6.30. The largest absolute Gasteiger partial charge is 0.319 e. The maximum Gasteiger partial charge on any atom is 0.0335 e. The summed E-state index contributed by atoms with van der Waals surface area (Å²) < 4.78 is 0. The van der Waals surface area contributed by atoms with Gasteiger partial charge in [-0.25, -0.2) is 5.84 Å². The average Bonchev–Trinajstić information content (AvgIpc) is 1.85. The minimum atomic E-state index is 0.959. The Bertz CT molecular complexity index is 79.0. The molecular weight excluding hydrogens is 112 g/mol. The molecule has 2 heteroatoms. The predicted octanol–water partition coefficient (Wildman–Crippen LogP) is 1.50. The Kier molecular flexibility index (Phi) is 5.32. The Balaban J connectivity index is 3.15. The third-order valence-corrected chi connectivity index (χ3v) is 1.11. The second-order valence-corrected chi connectivity index (χ2v) is 2.07. The van der Waals surface area contributed by atoms with Crippen molar-refractivity contribution in [2.75, 3.05) is 6.54 Å². The Hall–Kier alpha value is -0.500. The summed E-state index contributed by atoms with van der Waals surface area (Å²) in [5.74, 6) is 5.52. The van der Waals surface area contributed by atoms with Crippen LogP contribution in [0.1, 0.15) is 26.7 Å². The molecule has 0 unspecified atom stereocenters. The minimum absolute atomic E-state index is 0.959. The molecule has 0 bridgehead atoms. The van der Waals surface area contributed by atoms with Crippen molar-refractivity contribution in [3.05, 3.63) is 12.3 Å². The number of nitrogens with zero attached hydrogens (tertiary/aromatic N) is 1. The molecule has 0 saturated carbocycles. The lowest BCUT2D eigenvalue weighted by molar-refractivity contribution is 0.383. The Morgan fingerprint density at radius 3 is 2.67 bits per heavy atom. The first kappa shape index (κ1) is 8.50. The molecule has 0 radical (unpaired) electrons. The summed E-state index contributed by atoms with van der Waals surface area (Å²) >= 11 is 0. The van der Waals surface area contributed by atoms with E-state index in [0.717, 1.165) is 6.54 Å². The fourth-order valence-electron chi connectivity index (χ4n) is 0.607. The lowest BCUT2D eigenvalue weighted by Gasteiger charge is -2.11. The molecule has 0 aliphatic carbocycles. The molecule has 0 heterocycles. The van der Waals surface area contributed by atoms with Crippen LogP contribution in [0, 0.1) is 0 Å². The molecule has 0 aliphatic rings. The monoisotopic (exact) mass is 128 g/mol. The van der Waals surface area contributed by atoms with Gasteiger partial charge in [-0.15, -0.1) is 0 Å². The third kappa shape index (κ3) is 5.37. The van der Waals surface area contributed by atoms with Crippen molar-refractivity contribution in [3.63, 3.8) is 0 Å². The summed E-state index contributed by atoms with van der Waals surface area (Å²) in [5, 5.41) is 1.71. The second-order valence-electron chi connectivity index (χ2n) is 2.07. The summed E-state index contributed by atoms with van der Waals surface area (Å²) in [6, 6.07) is 0. The number of nitrogens with two attached hydrogens (primary N) is 1. The Morgan fingerprint density at radius 1 is 1.56 bits per heavy atom. The van der Waals surface area contributed by atoms with Crippen LogP contribution in [0.25, 0.3) is 0 Å². The first-order valence-electron chi connectivity index (χ1n) is 3.45. The number of unbranched alkanes of at least 4 members (excludes halogenated alkanes) is 1. The maximum absolute atomic E-state index is 5.52. The lowest BCUT2D eigenvalue weighted by atomic mass is 10.3. The molecule has 0 aromatic rings. The predicted molar refractivity (Wildman–Crippen MR) is 40.6 cm³/mol. The topological polar surface area (TPSA) is 29.3 Å². The summed E-state index contributed by atoms with van der Waals surface area (Å²) in [6.45, 7) is 5.08. The van der Waals surface area contributed by atoms with Crippen molar-refractivity contribution < 1.29 is 0 Å². The fraction of sp³-hybridized carbons (Fsp3) is 0.714. The molecule has 9 heavy (non-hydrogen) atoms. The van der Waals surface area contributed by atoms with Gasteiger partial charge in [0, 0.05) is 12.7 Å². The van der Waals surface area contributed by atoms with E-state index in [1.54, 1.807) is 5.01 Å². The lowest BCUT2D eigenvalue weighted by Crippen LogP contribution is -2.25. The molecule has 0 rings (SSSR count). The SMILES string of the molecule is C/C=C\N(N)CCCC. The van der Waals surface area contributed by atoms with Crippen LogP contribution in [0.3, 0.4) is 0 Å². The van der Waals surface area contributed by atoms with Crippen molar-refractivity contribution in [3.8, 4) is 0 Å². The molecule has 2 nitrogen and oxygen atoms in total. The van der Waals surface area contributed by atoms with E-state index in [9.17, 15) is 0 Å². The van der Waals surface area contributed by atoms with Gasteiger partial charge >= 0.3 is 0 Å². The van der Waals surface area contributed by atoms with Crippen LogP contribution in [0.2, 0.25) is 0 Å². The normalized spacial score (nSPS) is 10.6. The van der Waals surface area contributed by atoms with Crippen LogP contribution in [-0.4, -0.2) is 11.6 Å². The summed E-state index contributed by atoms with van der Waals surface area (Å²) in [6.07, 6.45) is 6.19. The van der Waals surface area contributed by atoms with Gasteiger partial charge in [0.1, 0.15) is 0 Å². The molecule has 2 N–H and O–H groups in total. The maximum atomic E-state index is 5.52. The molecule has 0 aliphatic heterocycles. The minimum Gasteiger partial charge on any atom is -0.319 e. The van der Waals surface area contributed by atoms with Crippen LogP contribution in [0.15, 0.2) is 12.3 Å². The Morgan fingerprint density at radius 2 is 2.22 bits per heavy atom. The summed E-state index contributed by atoms with van der Waals surface area (Å²) in [4.78, 5) is 0. The highest BCUT2D eigenvalue weighted by molar-refractivity contribution is 4.73. The van der Waals surface area contributed by atoms with Gasteiger partial charge in [-0.05, 0) is 13.3 Å². The number of hydrogen-bond acceptors (Lipinski definition) is 2. The van der Waals surface area contributed by atoms with Crippen molar-refractivity contribution in [1.29, 1.82) is 0 Å². The highest BCUT2D eigenvalue weighted by Gasteiger charge is 1.86. The van der Waals surface area contributed by atoms with Gasteiger partial charge in [0.05, 0.1) is 0 Å². The quantitative estimate of drug-likeness (QED) is 0.459. The van der Waals surface area contributed by atoms with E-state index in [1.165, 1.54) is 12.8 Å². The number of hydrazine groups is 1. The van der Waals surface area contributed by atoms with Gasteiger partial charge in [0.15, 0.2) is 0 Å². The first-order valence-corrected chi connectivity index (χ1v) is 3.45. The van der Waals surface area contributed by atoms with Gasteiger partial charge < -0.3 is 5.01 Å². The standard InChI is InChI=1S/C7H16N2/c1-3-5-7-9(8)6-4-2/h4,6H,3,5,7-8H2,1-2H3/b6-4-. The van der Waals surface area contributed by atoms with E-state index < -0.39 is 0 Å². The van der Waals surface area contributed by atoms with Crippen LogP contribution in [0.4, 0.5) is 0 Å². The number of rotatable bonds is 4. The van der Waals surface area contributed by atoms with Gasteiger partial charge in [0.2, 0.25) is 0 Å². The van der Waals surface area contributed by atoms with Gasteiger partial charge in [0.25, 0.3) is 0 Å². The van der Waals surface area contributed by atoms with E-state index >= 15 is 0 Å². The van der Waals surface area contributed by atoms with Gasteiger partial charge in [-0.3, -0.25) is 0 Å². The molecule has 0 saturated heterocycles. The number of hydrogen-bond donors (Lipinski definition) is 1. The molecule has 0 atom stereocenters. The number of allylic oxidation sites excluding steroid dienone is 1. The highest BCUT2D eigenvalue weighted by Crippen LogP contribution is 1.88. The van der Waals surface area contributed by atoms with E-state index in [2.05, 4.69) is 6.92 Å². The zero-order chi connectivity index (χ0) is 7.11. The zero-order valence-electron chi connectivity index (χ0n) is 6.30. The van der Waals surface area contributed by atoms with Crippen molar-refractivity contribution in [2.24, 2.45) is 5.84 Å². The van der Waals surface area contributed by atoms with E-state index in [4.69, 9.17) is 5.84 Å². The van der Waals surface area contributed by atoms with Crippen molar-refractivity contribution in [2.45, 2.75) is 26.7 Å². The smallest absolute Gasteiger partial charge is 0.0335 e. The molecule has 0 aromatic carbocycles. The highest BCUT2D eigenvalue weighted by atomic mass is 15.4. The average molecular weight is 128 g/mol. The van der Waals surface area contributed by atoms with E-state index in [-0.39, 0.29) is 0 Å². The first-order chi connectivity index (χ1) is 4.31. The Labute approximate surface area is 57.3 Å². The van der Waals surface area contributed by atoms with Crippen LogP contribution >= 0.6 is 0 Å². The summed E-state index contributed by atoms with van der Waals surface area (Å²) in [7, 11) is 0.